The largest absolute Gasteiger partial charge is 0.493 e. The van der Waals surface area contributed by atoms with Gasteiger partial charge in [0.1, 0.15) is 5.00 Å². The van der Waals surface area contributed by atoms with Crippen molar-refractivity contribution in [2.75, 3.05) is 32.0 Å². The van der Waals surface area contributed by atoms with Crippen molar-refractivity contribution in [2.45, 2.75) is 19.3 Å². The standard InChI is InChI=1S/C18H20N2O4S2/c1-22-12-8-7-10(9-13(12)23-2)19-18(25)20-16-15(17(21)24-3)11-5-4-6-14(11)26-16/h7-9H,4-6H2,1-3H3,(H2,19,20,25). The number of thiophene rings is 1. The minimum Gasteiger partial charge on any atom is -0.493 e. The number of benzene rings is 1. The Balaban J connectivity index is 1.78. The van der Waals surface area contributed by atoms with Crippen LogP contribution in [-0.2, 0) is 17.6 Å². The van der Waals surface area contributed by atoms with Crippen LogP contribution in [0.4, 0.5) is 10.7 Å². The van der Waals surface area contributed by atoms with Crippen LogP contribution in [0.1, 0.15) is 27.2 Å². The Bertz CT molecular complexity index is 848. The summed E-state index contributed by atoms with van der Waals surface area (Å²) in [6.45, 7) is 0. The van der Waals surface area contributed by atoms with E-state index in [1.165, 1.54) is 12.0 Å². The van der Waals surface area contributed by atoms with Gasteiger partial charge in [-0.05, 0) is 49.2 Å². The number of carbonyl (C=O) groups is 1. The second-order valence-electron chi connectivity index (χ2n) is 5.70. The maximum Gasteiger partial charge on any atom is 0.341 e. The summed E-state index contributed by atoms with van der Waals surface area (Å²) < 4.78 is 15.5. The van der Waals surface area contributed by atoms with Crippen LogP contribution in [0, 0.1) is 0 Å². The Hall–Kier alpha value is -2.32. The van der Waals surface area contributed by atoms with E-state index in [1.807, 2.05) is 6.07 Å². The highest BCUT2D eigenvalue weighted by atomic mass is 32.1. The molecule has 6 nitrogen and oxygen atoms in total. The predicted molar refractivity (Wildman–Crippen MR) is 107 cm³/mol. The number of hydrogen-bond donors (Lipinski definition) is 2. The van der Waals surface area contributed by atoms with Crippen molar-refractivity contribution in [2.24, 2.45) is 0 Å². The van der Waals surface area contributed by atoms with E-state index in [2.05, 4.69) is 10.6 Å². The van der Waals surface area contributed by atoms with Crippen LogP contribution in [-0.4, -0.2) is 32.4 Å². The molecule has 3 rings (SSSR count). The van der Waals surface area contributed by atoms with Gasteiger partial charge in [-0.15, -0.1) is 11.3 Å². The third kappa shape index (κ3) is 3.61. The van der Waals surface area contributed by atoms with Crippen LogP contribution in [0.2, 0.25) is 0 Å². The molecule has 1 aliphatic carbocycles. The molecule has 0 fully saturated rings. The van der Waals surface area contributed by atoms with Crippen LogP contribution in [0.3, 0.4) is 0 Å². The number of esters is 1. The highest BCUT2D eigenvalue weighted by Gasteiger charge is 2.27. The van der Waals surface area contributed by atoms with Gasteiger partial charge in [-0.25, -0.2) is 4.79 Å². The van der Waals surface area contributed by atoms with E-state index in [0.29, 0.717) is 22.2 Å². The average Bonchev–Trinajstić information content (AvgIpc) is 3.21. The lowest BCUT2D eigenvalue weighted by molar-refractivity contribution is 0.0601. The zero-order valence-corrected chi connectivity index (χ0v) is 16.4. The molecule has 138 valence electrons. The van der Waals surface area contributed by atoms with Gasteiger partial charge in [0.15, 0.2) is 16.6 Å². The zero-order chi connectivity index (χ0) is 18.7. The molecule has 8 heteroatoms. The van der Waals surface area contributed by atoms with E-state index >= 15 is 0 Å². The van der Waals surface area contributed by atoms with Gasteiger partial charge >= 0.3 is 5.97 Å². The molecule has 0 saturated carbocycles. The molecular weight excluding hydrogens is 372 g/mol. The number of rotatable bonds is 5. The second kappa shape index (κ2) is 7.92. The Morgan fingerprint density at radius 1 is 1.12 bits per heavy atom. The molecule has 26 heavy (non-hydrogen) atoms. The van der Waals surface area contributed by atoms with Crippen molar-refractivity contribution in [1.82, 2.24) is 0 Å². The molecule has 1 aliphatic rings. The number of carbonyl (C=O) groups excluding carboxylic acids is 1. The van der Waals surface area contributed by atoms with Gasteiger partial charge in [0.2, 0.25) is 0 Å². The van der Waals surface area contributed by atoms with E-state index in [4.69, 9.17) is 26.4 Å². The summed E-state index contributed by atoms with van der Waals surface area (Å²) in [5.41, 5.74) is 2.43. The molecule has 0 unspecified atom stereocenters. The average molecular weight is 393 g/mol. The molecule has 2 aromatic rings. The Kier molecular flexibility index (Phi) is 5.63. The molecule has 0 spiro atoms. The topological polar surface area (TPSA) is 68.8 Å². The number of fused-ring (bicyclic) bond motifs is 1. The normalized spacial score (nSPS) is 12.3. The van der Waals surface area contributed by atoms with Gasteiger partial charge in [-0.3, -0.25) is 0 Å². The fourth-order valence-electron chi connectivity index (χ4n) is 2.99. The second-order valence-corrected chi connectivity index (χ2v) is 7.22. The van der Waals surface area contributed by atoms with Gasteiger partial charge in [0, 0.05) is 16.6 Å². The highest BCUT2D eigenvalue weighted by molar-refractivity contribution is 7.80. The maximum atomic E-state index is 12.2. The molecule has 1 aromatic heterocycles. The van der Waals surface area contributed by atoms with E-state index in [9.17, 15) is 4.79 Å². The zero-order valence-electron chi connectivity index (χ0n) is 14.8. The molecule has 0 radical (unpaired) electrons. The molecule has 0 amide bonds. The summed E-state index contributed by atoms with van der Waals surface area (Å²) >= 11 is 6.97. The lowest BCUT2D eigenvalue weighted by Crippen LogP contribution is -2.20. The monoisotopic (exact) mass is 392 g/mol. The SMILES string of the molecule is COC(=O)c1c(NC(=S)Nc2ccc(OC)c(OC)c2)sc2c1CCC2. The predicted octanol–water partition coefficient (Wildman–Crippen LogP) is 3.85. The highest BCUT2D eigenvalue weighted by Crippen LogP contribution is 2.39. The number of nitrogens with one attached hydrogen (secondary N) is 2. The minimum atomic E-state index is -0.333. The molecule has 2 N–H and O–H groups in total. The van der Waals surface area contributed by atoms with Crippen molar-refractivity contribution in [3.63, 3.8) is 0 Å². The smallest absolute Gasteiger partial charge is 0.341 e. The maximum absolute atomic E-state index is 12.2. The molecular formula is C18H20N2O4S2. The van der Waals surface area contributed by atoms with Crippen molar-refractivity contribution in [3.8, 4) is 11.5 Å². The molecule has 0 aliphatic heterocycles. The van der Waals surface area contributed by atoms with Crippen LogP contribution in [0.15, 0.2) is 18.2 Å². The summed E-state index contributed by atoms with van der Waals surface area (Å²) in [5, 5.41) is 7.35. The summed E-state index contributed by atoms with van der Waals surface area (Å²) in [7, 11) is 4.56. The molecule has 0 bridgehead atoms. The number of hydrogen-bond acceptors (Lipinski definition) is 6. The fourth-order valence-corrected chi connectivity index (χ4v) is 4.56. The van der Waals surface area contributed by atoms with Crippen molar-refractivity contribution in [3.05, 3.63) is 34.2 Å². The summed E-state index contributed by atoms with van der Waals surface area (Å²) in [4.78, 5) is 13.4. The van der Waals surface area contributed by atoms with Crippen LogP contribution in [0.25, 0.3) is 0 Å². The van der Waals surface area contributed by atoms with Crippen molar-refractivity contribution < 1.29 is 19.0 Å². The Morgan fingerprint density at radius 3 is 2.58 bits per heavy atom. The first kappa shape index (κ1) is 18.5. The van der Waals surface area contributed by atoms with Crippen LogP contribution >= 0.6 is 23.6 Å². The van der Waals surface area contributed by atoms with E-state index < -0.39 is 0 Å². The Labute approximate surface area is 161 Å². The van der Waals surface area contributed by atoms with Gasteiger partial charge in [0.25, 0.3) is 0 Å². The lowest BCUT2D eigenvalue weighted by Gasteiger charge is -2.13. The first-order chi connectivity index (χ1) is 12.6. The summed E-state index contributed by atoms with van der Waals surface area (Å²) in [6, 6.07) is 5.43. The number of anilines is 2. The Morgan fingerprint density at radius 2 is 1.88 bits per heavy atom. The van der Waals surface area contributed by atoms with E-state index in [1.54, 1.807) is 37.7 Å². The van der Waals surface area contributed by atoms with Gasteiger partial charge < -0.3 is 24.8 Å². The van der Waals surface area contributed by atoms with Gasteiger partial charge in [0.05, 0.1) is 26.9 Å². The molecule has 1 aromatic carbocycles. The third-order valence-electron chi connectivity index (χ3n) is 4.18. The van der Waals surface area contributed by atoms with E-state index in [-0.39, 0.29) is 5.97 Å². The number of aryl methyl sites for hydroxylation is 1. The first-order valence-electron chi connectivity index (χ1n) is 8.10. The third-order valence-corrected chi connectivity index (χ3v) is 5.59. The quantitative estimate of drug-likeness (QED) is 0.592. The molecule has 0 atom stereocenters. The van der Waals surface area contributed by atoms with Gasteiger partial charge in [-0.2, -0.15) is 0 Å². The van der Waals surface area contributed by atoms with Crippen LogP contribution < -0.4 is 20.1 Å². The van der Waals surface area contributed by atoms with Gasteiger partial charge in [-0.1, -0.05) is 0 Å². The molecule has 0 saturated heterocycles. The summed E-state index contributed by atoms with van der Waals surface area (Å²) in [6.07, 6.45) is 2.95. The van der Waals surface area contributed by atoms with Crippen molar-refractivity contribution in [1.29, 1.82) is 0 Å². The number of thiocarbonyl (C=S) groups is 1. The number of methoxy groups -OCH3 is 3. The fraction of sp³-hybridized carbons (Fsp3) is 0.333. The lowest BCUT2D eigenvalue weighted by atomic mass is 10.1. The summed E-state index contributed by atoms with van der Waals surface area (Å²) in [5.74, 6) is 0.908. The van der Waals surface area contributed by atoms with Crippen molar-refractivity contribution >= 4 is 45.3 Å². The minimum absolute atomic E-state index is 0.333. The van der Waals surface area contributed by atoms with E-state index in [0.717, 1.165) is 35.5 Å². The number of ether oxygens (including phenoxy) is 3. The first-order valence-corrected chi connectivity index (χ1v) is 9.32. The molecule has 1 heterocycles. The van der Waals surface area contributed by atoms with Crippen LogP contribution in [0.5, 0.6) is 11.5 Å².